The molecule has 4 nitrogen and oxygen atoms in total. The summed E-state index contributed by atoms with van der Waals surface area (Å²) in [5.41, 5.74) is 2.84. The van der Waals surface area contributed by atoms with E-state index >= 15 is 0 Å². The molecule has 0 fully saturated rings. The van der Waals surface area contributed by atoms with E-state index < -0.39 is 0 Å². The summed E-state index contributed by atoms with van der Waals surface area (Å²) in [6.45, 7) is 3.32. The molecule has 2 aromatic rings. The first kappa shape index (κ1) is 15.2. The molecule has 1 aliphatic rings. The molecule has 1 aliphatic heterocycles. The van der Waals surface area contributed by atoms with Gasteiger partial charge < -0.3 is 14.8 Å². The molecule has 23 heavy (non-hydrogen) atoms. The van der Waals surface area contributed by atoms with E-state index in [0.717, 1.165) is 34.7 Å². The first-order chi connectivity index (χ1) is 11.2. The van der Waals surface area contributed by atoms with Gasteiger partial charge in [0.1, 0.15) is 0 Å². The van der Waals surface area contributed by atoms with Crippen molar-refractivity contribution in [3.63, 3.8) is 0 Å². The molecule has 0 aliphatic carbocycles. The summed E-state index contributed by atoms with van der Waals surface area (Å²) in [7, 11) is 0. The average molecular weight is 309 g/mol. The van der Waals surface area contributed by atoms with Gasteiger partial charge in [-0.25, -0.2) is 0 Å². The number of fused-ring (bicyclic) bond motifs is 1. The topological polar surface area (TPSA) is 47.6 Å². The van der Waals surface area contributed by atoms with Gasteiger partial charge in [-0.05, 0) is 42.8 Å². The van der Waals surface area contributed by atoms with Crippen molar-refractivity contribution < 1.29 is 14.3 Å². The number of benzene rings is 2. The minimum absolute atomic E-state index is 0.166. The summed E-state index contributed by atoms with van der Waals surface area (Å²) in [4.78, 5) is 12.0. The van der Waals surface area contributed by atoms with Gasteiger partial charge in [-0.2, -0.15) is 0 Å². The largest absolute Gasteiger partial charge is 0.490 e. The highest BCUT2D eigenvalue weighted by molar-refractivity contribution is 6.01. The number of amides is 1. The Kier molecular flexibility index (Phi) is 4.62. The lowest BCUT2D eigenvalue weighted by Crippen LogP contribution is -2.07. The van der Waals surface area contributed by atoms with Crippen molar-refractivity contribution in [2.45, 2.75) is 13.3 Å². The molecule has 4 heteroatoms. The molecule has 0 atom stereocenters. The molecule has 0 saturated heterocycles. The van der Waals surface area contributed by atoms with Crippen LogP contribution >= 0.6 is 0 Å². The van der Waals surface area contributed by atoms with E-state index in [1.807, 2.05) is 49.4 Å². The first-order valence-corrected chi connectivity index (χ1v) is 7.66. The zero-order chi connectivity index (χ0) is 16.1. The number of carbonyl (C=O) groups is 1. The van der Waals surface area contributed by atoms with Crippen LogP contribution in [0.4, 0.5) is 5.69 Å². The molecule has 0 bridgehead atoms. The standard InChI is InChI=1S/C19H19NO3/c1-14-3-7-16(8-4-14)20-19(21)10-6-15-5-9-17-18(13-15)23-12-2-11-22-17/h3-10,13H,2,11-12H2,1H3,(H,20,21). The maximum Gasteiger partial charge on any atom is 0.248 e. The van der Waals surface area contributed by atoms with Crippen LogP contribution in [0.1, 0.15) is 17.5 Å². The SMILES string of the molecule is Cc1ccc(NC(=O)C=Cc2ccc3c(c2)OCCCO3)cc1. The molecule has 0 spiro atoms. The Labute approximate surface area is 135 Å². The minimum atomic E-state index is -0.166. The fourth-order valence-electron chi connectivity index (χ4n) is 2.28. The molecule has 0 unspecified atom stereocenters. The van der Waals surface area contributed by atoms with Crippen LogP contribution < -0.4 is 14.8 Å². The third-order valence-corrected chi connectivity index (χ3v) is 3.52. The number of hydrogen-bond acceptors (Lipinski definition) is 3. The lowest BCUT2D eigenvalue weighted by atomic mass is 10.2. The Hall–Kier alpha value is -2.75. The number of carbonyl (C=O) groups excluding carboxylic acids is 1. The number of ether oxygens (including phenoxy) is 2. The summed E-state index contributed by atoms with van der Waals surface area (Å²) in [5.74, 6) is 1.31. The predicted molar refractivity (Wildman–Crippen MR) is 90.9 cm³/mol. The van der Waals surface area contributed by atoms with E-state index in [2.05, 4.69) is 5.32 Å². The Balaban J connectivity index is 1.66. The molecule has 1 heterocycles. The fraction of sp³-hybridized carbons (Fsp3) is 0.211. The zero-order valence-electron chi connectivity index (χ0n) is 13.0. The second kappa shape index (κ2) is 7.01. The van der Waals surface area contributed by atoms with E-state index in [1.165, 1.54) is 6.08 Å². The summed E-state index contributed by atoms with van der Waals surface area (Å²) >= 11 is 0. The number of anilines is 1. The van der Waals surface area contributed by atoms with Crippen LogP contribution in [0.5, 0.6) is 11.5 Å². The Morgan fingerprint density at radius 3 is 2.57 bits per heavy atom. The Morgan fingerprint density at radius 1 is 1.04 bits per heavy atom. The van der Waals surface area contributed by atoms with E-state index in [0.29, 0.717) is 13.2 Å². The van der Waals surface area contributed by atoms with Crippen molar-refractivity contribution >= 4 is 17.7 Å². The first-order valence-electron chi connectivity index (χ1n) is 7.66. The van der Waals surface area contributed by atoms with E-state index in [4.69, 9.17) is 9.47 Å². The van der Waals surface area contributed by atoms with Gasteiger partial charge in [0.15, 0.2) is 11.5 Å². The second-order valence-electron chi connectivity index (χ2n) is 5.45. The van der Waals surface area contributed by atoms with Crippen molar-refractivity contribution in [1.29, 1.82) is 0 Å². The number of nitrogens with one attached hydrogen (secondary N) is 1. The van der Waals surface area contributed by atoms with Gasteiger partial charge in [0.25, 0.3) is 0 Å². The van der Waals surface area contributed by atoms with Crippen molar-refractivity contribution in [3.8, 4) is 11.5 Å². The molecule has 1 amide bonds. The lowest BCUT2D eigenvalue weighted by molar-refractivity contribution is -0.111. The quantitative estimate of drug-likeness (QED) is 0.877. The molecule has 0 radical (unpaired) electrons. The van der Waals surface area contributed by atoms with Crippen LogP contribution in [0, 0.1) is 6.92 Å². The smallest absolute Gasteiger partial charge is 0.248 e. The molecular weight excluding hydrogens is 290 g/mol. The molecule has 0 saturated carbocycles. The van der Waals surface area contributed by atoms with Gasteiger partial charge in [0.2, 0.25) is 5.91 Å². The maximum absolute atomic E-state index is 12.0. The third-order valence-electron chi connectivity index (χ3n) is 3.52. The highest BCUT2D eigenvalue weighted by atomic mass is 16.5. The van der Waals surface area contributed by atoms with E-state index in [-0.39, 0.29) is 5.91 Å². The predicted octanol–water partition coefficient (Wildman–Crippen LogP) is 3.81. The third kappa shape index (κ3) is 4.13. The van der Waals surface area contributed by atoms with Gasteiger partial charge in [0, 0.05) is 18.2 Å². The average Bonchev–Trinajstić information content (AvgIpc) is 2.80. The highest BCUT2D eigenvalue weighted by Crippen LogP contribution is 2.30. The van der Waals surface area contributed by atoms with Crippen LogP contribution in [-0.4, -0.2) is 19.1 Å². The fourth-order valence-corrected chi connectivity index (χ4v) is 2.28. The molecule has 2 aromatic carbocycles. The van der Waals surface area contributed by atoms with Crippen LogP contribution in [0.25, 0.3) is 6.08 Å². The van der Waals surface area contributed by atoms with Gasteiger partial charge in [-0.3, -0.25) is 4.79 Å². The summed E-state index contributed by atoms with van der Waals surface area (Å²) in [6, 6.07) is 13.4. The van der Waals surface area contributed by atoms with E-state index in [9.17, 15) is 4.79 Å². The van der Waals surface area contributed by atoms with Crippen molar-refractivity contribution in [3.05, 3.63) is 59.7 Å². The zero-order valence-corrected chi connectivity index (χ0v) is 13.0. The molecule has 3 rings (SSSR count). The van der Waals surface area contributed by atoms with Crippen LogP contribution in [0.2, 0.25) is 0 Å². The summed E-state index contributed by atoms with van der Waals surface area (Å²) in [5, 5.41) is 2.83. The maximum atomic E-state index is 12.0. The Morgan fingerprint density at radius 2 is 1.78 bits per heavy atom. The van der Waals surface area contributed by atoms with Crippen LogP contribution in [0.3, 0.4) is 0 Å². The van der Waals surface area contributed by atoms with Crippen molar-refractivity contribution in [2.24, 2.45) is 0 Å². The highest BCUT2D eigenvalue weighted by Gasteiger charge is 2.09. The van der Waals surface area contributed by atoms with Gasteiger partial charge >= 0.3 is 0 Å². The minimum Gasteiger partial charge on any atom is -0.490 e. The molecule has 0 aromatic heterocycles. The molecular formula is C19H19NO3. The van der Waals surface area contributed by atoms with Crippen LogP contribution in [-0.2, 0) is 4.79 Å². The molecule has 1 N–H and O–H groups in total. The number of aryl methyl sites for hydroxylation is 1. The van der Waals surface area contributed by atoms with Gasteiger partial charge in [0.05, 0.1) is 13.2 Å². The number of hydrogen-bond donors (Lipinski definition) is 1. The van der Waals surface area contributed by atoms with Crippen LogP contribution in [0.15, 0.2) is 48.5 Å². The van der Waals surface area contributed by atoms with Gasteiger partial charge in [-0.15, -0.1) is 0 Å². The Bertz CT molecular complexity index is 720. The molecule has 118 valence electrons. The van der Waals surface area contributed by atoms with E-state index in [1.54, 1.807) is 6.08 Å². The monoisotopic (exact) mass is 309 g/mol. The summed E-state index contributed by atoms with van der Waals surface area (Å²) in [6.07, 6.45) is 4.15. The normalized spacial score (nSPS) is 13.6. The van der Waals surface area contributed by atoms with Crippen molar-refractivity contribution in [2.75, 3.05) is 18.5 Å². The lowest BCUT2D eigenvalue weighted by Gasteiger charge is -2.07. The van der Waals surface area contributed by atoms with Crippen molar-refractivity contribution in [1.82, 2.24) is 0 Å². The van der Waals surface area contributed by atoms with Gasteiger partial charge in [-0.1, -0.05) is 23.8 Å². The second-order valence-corrected chi connectivity index (χ2v) is 5.45. The summed E-state index contributed by atoms with van der Waals surface area (Å²) < 4.78 is 11.2. The number of rotatable bonds is 3.